The van der Waals surface area contributed by atoms with Crippen LogP contribution in [0.15, 0.2) is 79.3 Å². The van der Waals surface area contributed by atoms with Gasteiger partial charge in [-0.25, -0.2) is 9.97 Å². The van der Waals surface area contributed by atoms with Crippen molar-refractivity contribution in [3.63, 3.8) is 0 Å². The van der Waals surface area contributed by atoms with E-state index in [1.54, 1.807) is 20.4 Å². The molecule has 4 rings (SSSR count). The highest BCUT2D eigenvalue weighted by atomic mass is 16.5. The molecular weight excluding hydrogens is 470 g/mol. The Morgan fingerprint density at radius 2 is 1.51 bits per heavy atom. The van der Waals surface area contributed by atoms with Crippen molar-refractivity contribution in [3.8, 4) is 11.5 Å². The van der Waals surface area contributed by atoms with Gasteiger partial charge in [-0.2, -0.15) is 0 Å². The predicted molar refractivity (Wildman–Crippen MR) is 146 cm³/mol. The van der Waals surface area contributed by atoms with Crippen molar-refractivity contribution in [1.82, 2.24) is 9.97 Å². The molecule has 0 atom stereocenters. The molecule has 0 aliphatic carbocycles. The average molecular weight is 502 g/mol. The summed E-state index contributed by atoms with van der Waals surface area (Å²) in [5, 5.41) is 7.39. The van der Waals surface area contributed by atoms with Crippen molar-refractivity contribution in [3.05, 3.63) is 84.8 Å². The maximum absolute atomic E-state index is 6.34. The zero-order valence-corrected chi connectivity index (χ0v) is 20.9. The fourth-order valence-corrected chi connectivity index (χ4v) is 3.55. The Morgan fingerprint density at radius 1 is 0.811 bits per heavy atom. The van der Waals surface area contributed by atoms with Crippen LogP contribution in [0.3, 0.4) is 0 Å². The lowest BCUT2D eigenvalue weighted by molar-refractivity contribution is 0.132. The van der Waals surface area contributed by atoms with E-state index in [0.29, 0.717) is 55.0 Å². The third-order valence-corrected chi connectivity index (χ3v) is 5.42. The number of rotatable bonds is 13. The SMILES string of the molecule is COCCOc1cc2ncnc(Nc3cccc(/C(N)=C/Nc4ccccc4)c3)c2cc1OCCOC. The highest BCUT2D eigenvalue weighted by Gasteiger charge is 2.13. The lowest BCUT2D eigenvalue weighted by Gasteiger charge is -2.15. The number of aromatic nitrogens is 2. The summed E-state index contributed by atoms with van der Waals surface area (Å²) in [6.07, 6.45) is 3.29. The number of nitrogens with one attached hydrogen (secondary N) is 2. The minimum Gasteiger partial charge on any atom is -0.487 e. The molecule has 192 valence electrons. The Hall–Kier alpha value is -4.34. The van der Waals surface area contributed by atoms with Gasteiger partial charge in [-0.05, 0) is 30.3 Å². The first-order valence-electron chi connectivity index (χ1n) is 11.8. The fourth-order valence-electron chi connectivity index (χ4n) is 3.55. The summed E-state index contributed by atoms with van der Waals surface area (Å²) in [5.74, 6) is 1.79. The van der Waals surface area contributed by atoms with E-state index in [1.807, 2.05) is 66.7 Å². The Bertz CT molecular complexity index is 1330. The molecule has 1 aromatic heterocycles. The van der Waals surface area contributed by atoms with Gasteiger partial charge in [-0.15, -0.1) is 0 Å². The molecule has 4 N–H and O–H groups in total. The summed E-state index contributed by atoms with van der Waals surface area (Å²) in [6.45, 7) is 1.68. The van der Waals surface area contributed by atoms with Crippen molar-refractivity contribution in [2.75, 3.05) is 51.3 Å². The van der Waals surface area contributed by atoms with E-state index in [-0.39, 0.29) is 0 Å². The van der Waals surface area contributed by atoms with Gasteiger partial charge in [0.1, 0.15) is 25.4 Å². The van der Waals surface area contributed by atoms with E-state index in [1.165, 1.54) is 6.33 Å². The molecule has 3 aromatic carbocycles. The Kier molecular flexibility index (Phi) is 9.12. The number of hydrogen-bond acceptors (Lipinski definition) is 9. The molecule has 0 aliphatic heterocycles. The van der Waals surface area contributed by atoms with E-state index in [2.05, 4.69) is 20.6 Å². The minimum atomic E-state index is 0.379. The molecular formula is C28H31N5O4. The molecule has 0 spiro atoms. The first-order valence-corrected chi connectivity index (χ1v) is 11.8. The lowest BCUT2D eigenvalue weighted by atomic mass is 10.1. The van der Waals surface area contributed by atoms with Gasteiger partial charge in [-0.1, -0.05) is 30.3 Å². The highest BCUT2D eigenvalue weighted by Crippen LogP contribution is 2.35. The van der Waals surface area contributed by atoms with Gasteiger partial charge in [0, 0.05) is 48.8 Å². The van der Waals surface area contributed by atoms with Crippen molar-refractivity contribution >= 4 is 33.8 Å². The van der Waals surface area contributed by atoms with Gasteiger partial charge >= 0.3 is 0 Å². The smallest absolute Gasteiger partial charge is 0.163 e. The van der Waals surface area contributed by atoms with Crippen LogP contribution < -0.4 is 25.8 Å². The minimum absolute atomic E-state index is 0.379. The molecule has 0 saturated heterocycles. The topological polar surface area (TPSA) is 113 Å². The van der Waals surface area contributed by atoms with E-state index in [9.17, 15) is 0 Å². The van der Waals surface area contributed by atoms with Crippen LogP contribution in [-0.2, 0) is 9.47 Å². The van der Waals surface area contributed by atoms with Crippen molar-refractivity contribution in [2.45, 2.75) is 0 Å². The summed E-state index contributed by atoms with van der Waals surface area (Å²) in [7, 11) is 3.26. The number of hydrogen-bond donors (Lipinski definition) is 3. The molecule has 0 aliphatic rings. The molecule has 0 unspecified atom stereocenters. The van der Waals surface area contributed by atoms with Gasteiger partial charge < -0.3 is 35.3 Å². The molecule has 0 radical (unpaired) electrons. The average Bonchev–Trinajstić information content (AvgIpc) is 2.93. The van der Waals surface area contributed by atoms with Crippen LogP contribution in [0.1, 0.15) is 5.56 Å². The summed E-state index contributed by atoms with van der Waals surface area (Å²) < 4.78 is 22.0. The van der Waals surface area contributed by atoms with Crippen molar-refractivity contribution < 1.29 is 18.9 Å². The van der Waals surface area contributed by atoms with E-state index in [4.69, 9.17) is 24.7 Å². The van der Waals surface area contributed by atoms with Crippen molar-refractivity contribution in [1.29, 1.82) is 0 Å². The van der Waals surface area contributed by atoms with Crippen molar-refractivity contribution in [2.24, 2.45) is 5.73 Å². The number of nitrogens with zero attached hydrogens (tertiary/aromatic N) is 2. The number of para-hydroxylation sites is 1. The number of ether oxygens (including phenoxy) is 4. The maximum Gasteiger partial charge on any atom is 0.163 e. The molecule has 4 aromatic rings. The van der Waals surface area contributed by atoms with Crippen LogP contribution in [0.5, 0.6) is 11.5 Å². The van der Waals surface area contributed by atoms with Crippen LogP contribution in [0.25, 0.3) is 16.6 Å². The third-order valence-electron chi connectivity index (χ3n) is 5.42. The van der Waals surface area contributed by atoms with E-state index in [0.717, 1.165) is 22.3 Å². The molecule has 0 fully saturated rings. The van der Waals surface area contributed by atoms with Crippen LogP contribution >= 0.6 is 0 Å². The second-order valence-electron chi connectivity index (χ2n) is 8.04. The Balaban J connectivity index is 1.58. The summed E-state index contributed by atoms with van der Waals surface area (Å²) >= 11 is 0. The molecule has 0 bridgehead atoms. The molecule has 37 heavy (non-hydrogen) atoms. The number of methoxy groups -OCH3 is 2. The lowest BCUT2D eigenvalue weighted by Crippen LogP contribution is -2.09. The van der Waals surface area contributed by atoms with Gasteiger partial charge in [0.15, 0.2) is 11.5 Å². The Morgan fingerprint density at radius 3 is 2.24 bits per heavy atom. The molecule has 0 amide bonds. The maximum atomic E-state index is 6.34. The monoisotopic (exact) mass is 501 g/mol. The zero-order chi connectivity index (χ0) is 25.9. The second-order valence-corrected chi connectivity index (χ2v) is 8.04. The zero-order valence-electron chi connectivity index (χ0n) is 20.9. The molecule has 9 heteroatoms. The number of benzene rings is 3. The largest absolute Gasteiger partial charge is 0.487 e. The first kappa shape index (κ1) is 25.7. The Labute approximate surface area is 216 Å². The van der Waals surface area contributed by atoms with E-state index < -0.39 is 0 Å². The predicted octanol–water partition coefficient (Wildman–Crippen LogP) is 4.79. The van der Waals surface area contributed by atoms with Crippen LogP contribution in [0.4, 0.5) is 17.2 Å². The summed E-state index contributed by atoms with van der Waals surface area (Å²) in [5.41, 5.74) is 10.3. The standard InChI is InChI=1S/C28H31N5O4/c1-34-11-13-36-26-16-23-25(17-27(26)37-14-12-35-2)31-19-32-28(23)33-22-10-6-7-20(15-22)24(29)18-30-21-8-4-3-5-9-21/h3-10,15-19,30H,11-14,29H2,1-2H3,(H,31,32,33)/b24-18-. The number of fused-ring (bicyclic) bond motifs is 1. The normalized spacial score (nSPS) is 11.4. The third kappa shape index (κ3) is 7.09. The summed E-state index contributed by atoms with van der Waals surface area (Å²) in [4.78, 5) is 8.90. The van der Waals surface area contributed by atoms with Gasteiger partial charge in [-0.3, -0.25) is 0 Å². The number of anilines is 3. The van der Waals surface area contributed by atoms with Crippen LogP contribution in [0.2, 0.25) is 0 Å². The van der Waals surface area contributed by atoms with Gasteiger partial charge in [0.2, 0.25) is 0 Å². The van der Waals surface area contributed by atoms with Crippen LogP contribution in [-0.4, -0.2) is 50.6 Å². The quantitative estimate of drug-likeness (QED) is 0.223. The first-order chi connectivity index (χ1) is 18.2. The highest BCUT2D eigenvalue weighted by molar-refractivity contribution is 5.93. The summed E-state index contributed by atoms with van der Waals surface area (Å²) in [6, 6.07) is 21.4. The second kappa shape index (κ2) is 13.1. The van der Waals surface area contributed by atoms with E-state index >= 15 is 0 Å². The molecule has 0 saturated carbocycles. The fraction of sp³-hybridized carbons (Fsp3) is 0.214. The molecule has 1 heterocycles. The van der Waals surface area contributed by atoms with Crippen LogP contribution in [0, 0.1) is 0 Å². The van der Waals surface area contributed by atoms with Gasteiger partial charge in [0.25, 0.3) is 0 Å². The number of nitrogens with two attached hydrogens (primary N) is 1. The van der Waals surface area contributed by atoms with Gasteiger partial charge in [0.05, 0.1) is 24.4 Å². The molecule has 9 nitrogen and oxygen atoms in total.